The van der Waals surface area contributed by atoms with E-state index in [0.717, 1.165) is 0 Å². The van der Waals surface area contributed by atoms with Crippen LogP contribution < -0.4 is 4.72 Å². The quantitative estimate of drug-likeness (QED) is 0.657. The van der Waals surface area contributed by atoms with E-state index in [1.807, 2.05) is 0 Å². The highest BCUT2D eigenvalue weighted by Gasteiger charge is 2.19. The summed E-state index contributed by atoms with van der Waals surface area (Å²) in [5, 5.41) is 4.38. The molecule has 1 heterocycles. The van der Waals surface area contributed by atoms with E-state index in [2.05, 4.69) is 14.9 Å². The van der Waals surface area contributed by atoms with E-state index in [4.69, 9.17) is 16.1 Å². The molecule has 0 saturated heterocycles. The zero-order valence-electron chi connectivity index (χ0n) is 15.1. The smallest absolute Gasteiger partial charge is 0.254 e. The Bertz CT molecular complexity index is 1110. The number of nitrogens with zero attached hydrogens (tertiary/aromatic N) is 3. The molecular weight excluding hydrogens is 404 g/mol. The van der Waals surface area contributed by atoms with Gasteiger partial charge in [-0.1, -0.05) is 35.0 Å². The number of amides is 1. The second kappa shape index (κ2) is 8.09. The minimum absolute atomic E-state index is 0.00745. The number of carbonyl (C=O) groups excluding carboxylic acids is 1. The van der Waals surface area contributed by atoms with Crippen molar-refractivity contribution in [1.29, 1.82) is 0 Å². The van der Waals surface area contributed by atoms with E-state index >= 15 is 0 Å². The van der Waals surface area contributed by atoms with Gasteiger partial charge in [0.1, 0.15) is 0 Å². The molecule has 10 heteroatoms. The van der Waals surface area contributed by atoms with E-state index in [-0.39, 0.29) is 28.8 Å². The van der Waals surface area contributed by atoms with Crippen molar-refractivity contribution in [1.82, 2.24) is 19.8 Å². The van der Waals surface area contributed by atoms with Crippen LogP contribution in [-0.4, -0.2) is 43.5 Å². The first-order valence-corrected chi connectivity index (χ1v) is 10.0. The molecule has 3 aromatic rings. The van der Waals surface area contributed by atoms with Crippen molar-refractivity contribution in [2.24, 2.45) is 0 Å². The average molecular weight is 421 g/mol. The number of sulfonamides is 1. The van der Waals surface area contributed by atoms with Gasteiger partial charge in [-0.25, -0.2) is 13.1 Å². The van der Waals surface area contributed by atoms with Crippen LogP contribution in [0.4, 0.5) is 0 Å². The Morgan fingerprint density at radius 2 is 1.96 bits per heavy atom. The van der Waals surface area contributed by atoms with Gasteiger partial charge in [0.15, 0.2) is 0 Å². The van der Waals surface area contributed by atoms with Crippen LogP contribution in [0.15, 0.2) is 57.9 Å². The van der Waals surface area contributed by atoms with E-state index in [9.17, 15) is 13.2 Å². The molecule has 0 spiro atoms. The third kappa shape index (κ3) is 4.22. The van der Waals surface area contributed by atoms with Gasteiger partial charge < -0.3 is 9.42 Å². The van der Waals surface area contributed by atoms with Crippen LogP contribution in [0.1, 0.15) is 16.2 Å². The lowest BCUT2D eigenvalue weighted by Crippen LogP contribution is -2.27. The lowest BCUT2D eigenvalue weighted by Gasteiger charge is -2.15. The monoisotopic (exact) mass is 420 g/mol. The zero-order valence-corrected chi connectivity index (χ0v) is 16.7. The van der Waals surface area contributed by atoms with Crippen molar-refractivity contribution >= 4 is 27.5 Å². The fourth-order valence-corrected chi connectivity index (χ4v) is 3.48. The van der Waals surface area contributed by atoms with Crippen LogP contribution in [0.25, 0.3) is 11.4 Å². The summed E-state index contributed by atoms with van der Waals surface area (Å²) in [7, 11) is -0.780. The molecule has 0 bridgehead atoms. The second-order valence-electron chi connectivity index (χ2n) is 5.89. The lowest BCUT2D eigenvalue weighted by molar-refractivity contribution is 0.0769. The Hall–Kier alpha value is -2.75. The molecule has 146 valence electrons. The molecule has 0 unspecified atom stereocenters. The van der Waals surface area contributed by atoms with Crippen LogP contribution in [0.3, 0.4) is 0 Å². The molecule has 0 aliphatic rings. The Morgan fingerprint density at radius 1 is 1.21 bits per heavy atom. The van der Waals surface area contributed by atoms with Crippen molar-refractivity contribution in [2.75, 3.05) is 14.1 Å². The first-order valence-electron chi connectivity index (χ1n) is 8.18. The van der Waals surface area contributed by atoms with Gasteiger partial charge in [0.05, 0.1) is 16.5 Å². The third-order valence-electron chi connectivity index (χ3n) is 3.96. The first kappa shape index (κ1) is 20.0. The molecule has 28 heavy (non-hydrogen) atoms. The predicted molar refractivity (Wildman–Crippen MR) is 103 cm³/mol. The van der Waals surface area contributed by atoms with Crippen LogP contribution in [-0.2, 0) is 16.6 Å². The topological polar surface area (TPSA) is 105 Å². The van der Waals surface area contributed by atoms with Crippen molar-refractivity contribution in [3.05, 3.63) is 65.0 Å². The van der Waals surface area contributed by atoms with Crippen molar-refractivity contribution in [3.8, 4) is 11.4 Å². The summed E-state index contributed by atoms with van der Waals surface area (Å²) in [6, 6.07) is 12.9. The SMILES string of the molecule is CNS(=O)(=O)c1cccc(C(=O)N(C)Cc2nc(-c3ccccc3Cl)no2)c1. The molecule has 1 N–H and O–H groups in total. The van der Waals surface area contributed by atoms with E-state index in [0.29, 0.717) is 16.4 Å². The molecule has 0 fully saturated rings. The van der Waals surface area contributed by atoms with E-state index in [1.54, 1.807) is 31.3 Å². The maximum atomic E-state index is 12.6. The van der Waals surface area contributed by atoms with Gasteiger partial charge in [0, 0.05) is 18.2 Å². The molecule has 0 atom stereocenters. The first-order chi connectivity index (χ1) is 13.3. The predicted octanol–water partition coefficient (Wildman–Crippen LogP) is 2.57. The molecule has 0 saturated carbocycles. The largest absolute Gasteiger partial charge is 0.337 e. The van der Waals surface area contributed by atoms with Gasteiger partial charge in [-0.3, -0.25) is 4.79 Å². The molecule has 0 radical (unpaired) electrons. The van der Waals surface area contributed by atoms with Crippen molar-refractivity contribution < 1.29 is 17.7 Å². The van der Waals surface area contributed by atoms with Crippen LogP contribution in [0.5, 0.6) is 0 Å². The molecular formula is C18H17ClN4O4S. The van der Waals surface area contributed by atoms with Gasteiger partial charge in [0.25, 0.3) is 5.91 Å². The minimum atomic E-state index is -3.64. The number of carbonyl (C=O) groups is 1. The number of halogens is 1. The standard InChI is InChI=1S/C18H17ClN4O4S/c1-20-28(25,26)13-7-5-6-12(10-13)18(24)23(2)11-16-21-17(22-27-16)14-8-3-4-9-15(14)19/h3-10,20H,11H2,1-2H3. The van der Waals surface area contributed by atoms with Gasteiger partial charge >= 0.3 is 0 Å². The lowest BCUT2D eigenvalue weighted by atomic mass is 10.2. The number of aromatic nitrogens is 2. The summed E-state index contributed by atoms with van der Waals surface area (Å²) in [4.78, 5) is 18.3. The summed E-state index contributed by atoms with van der Waals surface area (Å²) < 4.78 is 31.3. The highest BCUT2D eigenvalue weighted by atomic mass is 35.5. The highest BCUT2D eigenvalue weighted by Crippen LogP contribution is 2.25. The number of nitrogens with one attached hydrogen (secondary N) is 1. The Morgan fingerprint density at radius 3 is 2.68 bits per heavy atom. The maximum absolute atomic E-state index is 12.6. The fourth-order valence-electron chi connectivity index (χ4n) is 2.48. The molecule has 2 aromatic carbocycles. The number of rotatable bonds is 6. The highest BCUT2D eigenvalue weighted by molar-refractivity contribution is 7.89. The summed E-state index contributed by atoms with van der Waals surface area (Å²) in [5.74, 6) is 0.166. The molecule has 0 aliphatic heterocycles. The molecule has 0 aliphatic carbocycles. The van der Waals surface area contributed by atoms with Crippen LogP contribution in [0, 0.1) is 0 Å². The summed E-state index contributed by atoms with van der Waals surface area (Å²) in [6.45, 7) is 0.0549. The summed E-state index contributed by atoms with van der Waals surface area (Å²) in [5.41, 5.74) is 0.850. The Kier molecular flexibility index (Phi) is 5.78. The summed E-state index contributed by atoms with van der Waals surface area (Å²) in [6.07, 6.45) is 0. The third-order valence-corrected chi connectivity index (χ3v) is 5.70. The molecule has 1 amide bonds. The fraction of sp³-hybridized carbons (Fsp3) is 0.167. The van der Waals surface area contributed by atoms with Gasteiger partial charge in [-0.05, 0) is 37.4 Å². The Labute approximate surface area is 167 Å². The zero-order chi connectivity index (χ0) is 20.3. The molecule has 8 nitrogen and oxygen atoms in total. The molecule has 3 rings (SSSR count). The van der Waals surface area contributed by atoms with Crippen LogP contribution >= 0.6 is 11.6 Å². The van der Waals surface area contributed by atoms with Crippen molar-refractivity contribution in [2.45, 2.75) is 11.4 Å². The van der Waals surface area contributed by atoms with Gasteiger partial charge in [0.2, 0.25) is 21.7 Å². The van der Waals surface area contributed by atoms with Crippen molar-refractivity contribution in [3.63, 3.8) is 0 Å². The number of benzene rings is 2. The van der Waals surface area contributed by atoms with Gasteiger partial charge in [-0.15, -0.1) is 0 Å². The minimum Gasteiger partial charge on any atom is -0.337 e. The van der Waals surface area contributed by atoms with E-state index < -0.39 is 10.0 Å². The summed E-state index contributed by atoms with van der Waals surface area (Å²) >= 11 is 6.13. The van der Waals surface area contributed by atoms with E-state index in [1.165, 1.54) is 36.2 Å². The van der Waals surface area contributed by atoms with Gasteiger partial charge in [-0.2, -0.15) is 4.98 Å². The number of hydrogen-bond acceptors (Lipinski definition) is 6. The average Bonchev–Trinajstić information content (AvgIpc) is 3.16. The normalized spacial score (nSPS) is 11.4. The maximum Gasteiger partial charge on any atom is 0.254 e. The molecule has 1 aromatic heterocycles. The Balaban J connectivity index is 1.77. The second-order valence-corrected chi connectivity index (χ2v) is 8.18. The number of hydrogen-bond donors (Lipinski definition) is 1. The van der Waals surface area contributed by atoms with Crippen LogP contribution in [0.2, 0.25) is 5.02 Å².